The van der Waals surface area contributed by atoms with Crippen LogP contribution >= 0.6 is 11.8 Å². The Bertz CT molecular complexity index is 392. The Hall–Kier alpha value is -1.00. The minimum absolute atomic E-state index is 0.541. The van der Waals surface area contributed by atoms with Gasteiger partial charge in [-0.15, -0.1) is 11.8 Å². The van der Waals surface area contributed by atoms with E-state index in [0.29, 0.717) is 0 Å². The Labute approximate surface area is 92.9 Å². The summed E-state index contributed by atoms with van der Waals surface area (Å²) in [7, 11) is 0. The standard InChI is InChI=1S/C11H13NO2S/c1-15-8-3-2-7-4-5-12-10(11(13)14)9(7)6-8/h2-3,6,10,12H,4-5H2,1H3,(H,13,14). The summed E-state index contributed by atoms with van der Waals surface area (Å²) >= 11 is 1.63. The van der Waals surface area contributed by atoms with Crippen LogP contribution in [0.2, 0.25) is 0 Å². The van der Waals surface area contributed by atoms with E-state index in [1.807, 2.05) is 24.5 Å². The van der Waals surface area contributed by atoms with Gasteiger partial charge in [0.05, 0.1) is 0 Å². The predicted octanol–water partition coefficient (Wildman–Crippen LogP) is 1.68. The maximum Gasteiger partial charge on any atom is 0.325 e. The highest BCUT2D eigenvalue weighted by atomic mass is 32.2. The van der Waals surface area contributed by atoms with Crippen molar-refractivity contribution in [1.29, 1.82) is 0 Å². The minimum atomic E-state index is -0.797. The molecular weight excluding hydrogens is 210 g/mol. The van der Waals surface area contributed by atoms with Crippen LogP contribution in [-0.4, -0.2) is 23.9 Å². The third kappa shape index (κ3) is 2.01. The van der Waals surface area contributed by atoms with Crippen LogP contribution < -0.4 is 5.32 Å². The fraction of sp³-hybridized carbons (Fsp3) is 0.364. The molecule has 1 aromatic carbocycles. The fourth-order valence-electron chi connectivity index (χ4n) is 1.88. The van der Waals surface area contributed by atoms with Gasteiger partial charge in [-0.1, -0.05) is 6.07 Å². The number of hydrogen-bond acceptors (Lipinski definition) is 3. The van der Waals surface area contributed by atoms with E-state index in [1.54, 1.807) is 11.8 Å². The predicted molar refractivity (Wildman–Crippen MR) is 60.3 cm³/mol. The monoisotopic (exact) mass is 223 g/mol. The van der Waals surface area contributed by atoms with Crippen molar-refractivity contribution >= 4 is 17.7 Å². The minimum Gasteiger partial charge on any atom is -0.480 e. The van der Waals surface area contributed by atoms with Gasteiger partial charge in [-0.2, -0.15) is 0 Å². The third-order valence-corrected chi connectivity index (χ3v) is 3.38. The number of thioether (sulfide) groups is 1. The molecule has 0 spiro atoms. The Morgan fingerprint density at radius 1 is 1.60 bits per heavy atom. The largest absolute Gasteiger partial charge is 0.480 e. The van der Waals surface area contributed by atoms with Crippen molar-refractivity contribution < 1.29 is 9.90 Å². The summed E-state index contributed by atoms with van der Waals surface area (Å²) in [5, 5.41) is 12.1. The molecule has 0 saturated carbocycles. The first-order valence-electron chi connectivity index (χ1n) is 4.85. The number of benzene rings is 1. The van der Waals surface area contributed by atoms with E-state index >= 15 is 0 Å². The molecule has 3 nitrogen and oxygen atoms in total. The second-order valence-electron chi connectivity index (χ2n) is 3.54. The Morgan fingerprint density at radius 2 is 2.40 bits per heavy atom. The molecule has 0 radical (unpaired) electrons. The molecule has 80 valence electrons. The zero-order valence-corrected chi connectivity index (χ0v) is 9.30. The number of carboxylic acid groups (broad SMARTS) is 1. The van der Waals surface area contributed by atoms with E-state index in [9.17, 15) is 4.79 Å². The molecule has 4 heteroatoms. The van der Waals surface area contributed by atoms with Crippen LogP contribution in [0, 0.1) is 0 Å². The number of rotatable bonds is 2. The lowest BCUT2D eigenvalue weighted by molar-refractivity contribution is -0.139. The summed E-state index contributed by atoms with van der Waals surface area (Å²) in [4.78, 5) is 12.2. The number of fused-ring (bicyclic) bond motifs is 1. The third-order valence-electron chi connectivity index (χ3n) is 2.65. The average molecular weight is 223 g/mol. The van der Waals surface area contributed by atoms with Gasteiger partial charge >= 0.3 is 5.97 Å². The van der Waals surface area contributed by atoms with Crippen molar-refractivity contribution in [3.63, 3.8) is 0 Å². The lowest BCUT2D eigenvalue weighted by Crippen LogP contribution is -2.34. The summed E-state index contributed by atoms with van der Waals surface area (Å²) in [6.45, 7) is 0.739. The molecule has 1 aliphatic heterocycles. The molecular formula is C11H13NO2S. The van der Waals surface area contributed by atoms with Gasteiger partial charge in [-0.05, 0) is 35.9 Å². The topological polar surface area (TPSA) is 49.3 Å². The maximum atomic E-state index is 11.0. The van der Waals surface area contributed by atoms with Crippen LogP contribution in [0.3, 0.4) is 0 Å². The van der Waals surface area contributed by atoms with Gasteiger partial charge in [0, 0.05) is 11.4 Å². The smallest absolute Gasteiger partial charge is 0.325 e. The molecule has 15 heavy (non-hydrogen) atoms. The molecule has 1 atom stereocenters. The molecule has 0 fully saturated rings. The van der Waals surface area contributed by atoms with E-state index in [2.05, 4.69) is 5.32 Å². The van der Waals surface area contributed by atoms with Crippen molar-refractivity contribution in [1.82, 2.24) is 5.32 Å². The molecule has 1 aromatic rings. The number of aliphatic carboxylic acids is 1. The number of nitrogens with one attached hydrogen (secondary N) is 1. The summed E-state index contributed by atoms with van der Waals surface area (Å²) in [6.07, 6.45) is 2.90. The number of hydrogen-bond donors (Lipinski definition) is 2. The van der Waals surface area contributed by atoms with Crippen LogP contribution in [0.25, 0.3) is 0 Å². The van der Waals surface area contributed by atoms with Gasteiger partial charge in [-0.3, -0.25) is 4.79 Å². The van der Waals surface area contributed by atoms with Gasteiger partial charge in [0.25, 0.3) is 0 Å². The van der Waals surface area contributed by atoms with Gasteiger partial charge < -0.3 is 10.4 Å². The van der Waals surface area contributed by atoms with E-state index < -0.39 is 12.0 Å². The molecule has 1 unspecified atom stereocenters. The maximum absolute atomic E-state index is 11.0. The summed E-state index contributed by atoms with van der Waals surface area (Å²) in [5.41, 5.74) is 2.07. The molecule has 0 saturated heterocycles. The first-order chi connectivity index (χ1) is 7.22. The van der Waals surface area contributed by atoms with Crippen LogP contribution in [-0.2, 0) is 11.2 Å². The van der Waals surface area contributed by atoms with E-state index in [-0.39, 0.29) is 0 Å². The highest BCUT2D eigenvalue weighted by Crippen LogP contribution is 2.27. The number of carboxylic acids is 1. The zero-order chi connectivity index (χ0) is 10.8. The molecule has 0 amide bonds. The van der Waals surface area contributed by atoms with Gasteiger partial charge in [0.2, 0.25) is 0 Å². The fourth-order valence-corrected chi connectivity index (χ4v) is 2.33. The lowest BCUT2D eigenvalue weighted by Gasteiger charge is -2.24. The van der Waals surface area contributed by atoms with Crippen molar-refractivity contribution in [3.8, 4) is 0 Å². The van der Waals surface area contributed by atoms with Crippen molar-refractivity contribution in [2.75, 3.05) is 12.8 Å². The van der Waals surface area contributed by atoms with E-state index in [4.69, 9.17) is 5.11 Å². The molecule has 0 bridgehead atoms. The first-order valence-corrected chi connectivity index (χ1v) is 6.08. The highest BCUT2D eigenvalue weighted by Gasteiger charge is 2.25. The van der Waals surface area contributed by atoms with Gasteiger partial charge in [-0.25, -0.2) is 0 Å². The quantitative estimate of drug-likeness (QED) is 0.749. The molecule has 1 heterocycles. The van der Waals surface area contributed by atoms with Gasteiger partial charge in [0.15, 0.2) is 0 Å². The van der Waals surface area contributed by atoms with Crippen LogP contribution in [0.4, 0.5) is 0 Å². The van der Waals surface area contributed by atoms with Gasteiger partial charge in [0.1, 0.15) is 6.04 Å². The SMILES string of the molecule is CSc1ccc2c(c1)C(C(=O)O)NCC2. The van der Waals surface area contributed by atoms with Crippen LogP contribution in [0.5, 0.6) is 0 Å². The van der Waals surface area contributed by atoms with Crippen LogP contribution in [0.15, 0.2) is 23.1 Å². The van der Waals surface area contributed by atoms with E-state index in [0.717, 1.165) is 29.0 Å². The molecule has 1 aliphatic rings. The molecule has 0 aliphatic carbocycles. The number of carbonyl (C=O) groups is 1. The second kappa shape index (κ2) is 4.24. The second-order valence-corrected chi connectivity index (χ2v) is 4.42. The van der Waals surface area contributed by atoms with E-state index in [1.165, 1.54) is 0 Å². The molecule has 2 rings (SSSR count). The van der Waals surface area contributed by atoms with Crippen molar-refractivity contribution in [3.05, 3.63) is 29.3 Å². The molecule has 0 aromatic heterocycles. The highest BCUT2D eigenvalue weighted by molar-refractivity contribution is 7.98. The van der Waals surface area contributed by atoms with Crippen LogP contribution in [0.1, 0.15) is 17.2 Å². The Morgan fingerprint density at radius 3 is 3.07 bits per heavy atom. The Balaban J connectivity index is 2.43. The summed E-state index contributed by atoms with van der Waals surface area (Å²) in [6, 6.07) is 5.53. The normalized spacial score (nSPS) is 19.7. The van der Waals surface area contributed by atoms with Crippen molar-refractivity contribution in [2.45, 2.75) is 17.4 Å². The van der Waals surface area contributed by atoms with Crippen molar-refractivity contribution in [2.24, 2.45) is 0 Å². The first kappa shape index (κ1) is 10.5. The zero-order valence-electron chi connectivity index (χ0n) is 8.49. The summed E-state index contributed by atoms with van der Waals surface area (Å²) < 4.78 is 0. The summed E-state index contributed by atoms with van der Waals surface area (Å²) in [5.74, 6) is -0.797. The average Bonchev–Trinajstić information content (AvgIpc) is 2.27. The lowest BCUT2D eigenvalue weighted by atomic mass is 9.94. The molecule has 2 N–H and O–H groups in total. The Kier molecular flexibility index (Phi) is 2.98.